The molecule has 0 aromatic heterocycles. The lowest BCUT2D eigenvalue weighted by molar-refractivity contribution is -0.118. The fourth-order valence-electron chi connectivity index (χ4n) is 0.823. The summed E-state index contributed by atoms with van der Waals surface area (Å²) < 4.78 is 1.00. The molecule has 0 aliphatic rings. The molecule has 0 saturated carbocycles. The molecular formula is C9H11BrN2OS. The molecule has 5 heteroatoms. The van der Waals surface area contributed by atoms with Crippen molar-refractivity contribution in [3.63, 3.8) is 0 Å². The van der Waals surface area contributed by atoms with Crippen molar-refractivity contribution in [3.8, 4) is 0 Å². The highest BCUT2D eigenvalue weighted by Crippen LogP contribution is 2.26. The van der Waals surface area contributed by atoms with Crippen LogP contribution in [0.4, 0.5) is 0 Å². The van der Waals surface area contributed by atoms with E-state index in [1.165, 1.54) is 11.8 Å². The number of nitrogens with two attached hydrogens (primary N) is 2. The van der Waals surface area contributed by atoms with Gasteiger partial charge in [-0.05, 0) is 28.1 Å². The first-order valence-electron chi connectivity index (χ1n) is 4.03. The highest BCUT2D eigenvalue weighted by atomic mass is 79.9. The minimum Gasteiger partial charge on any atom is -0.368 e. The third-order valence-corrected chi connectivity index (χ3v) is 3.77. The number of carbonyl (C=O) groups excluding carboxylic acids is 1. The Morgan fingerprint density at radius 1 is 1.50 bits per heavy atom. The molecule has 1 unspecified atom stereocenters. The SMILES string of the molecule is NC(=O)C(N)CSc1ccccc1Br. The van der Waals surface area contributed by atoms with Gasteiger partial charge in [0.1, 0.15) is 0 Å². The highest BCUT2D eigenvalue weighted by molar-refractivity contribution is 9.10. The first-order valence-corrected chi connectivity index (χ1v) is 5.81. The Balaban J connectivity index is 2.54. The molecule has 76 valence electrons. The molecule has 14 heavy (non-hydrogen) atoms. The molecule has 0 fully saturated rings. The highest BCUT2D eigenvalue weighted by Gasteiger charge is 2.10. The molecule has 0 heterocycles. The van der Waals surface area contributed by atoms with Gasteiger partial charge in [-0.15, -0.1) is 11.8 Å². The number of carbonyl (C=O) groups is 1. The van der Waals surface area contributed by atoms with Crippen molar-refractivity contribution < 1.29 is 4.79 Å². The van der Waals surface area contributed by atoms with E-state index >= 15 is 0 Å². The quantitative estimate of drug-likeness (QED) is 0.815. The van der Waals surface area contributed by atoms with Gasteiger partial charge < -0.3 is 11.5 Å². The Morgan fingerprint density at radius 2 is 2.14 bits per heavy atom. The largest absolute Gasteiger partial charge is 0.368 e. The predicted molar refractivity (Wildman–Crippen MR) is 62.0 cm³/mol. The molecule has 3 nitrogen and oxygen atoms in total. The second-order valence-electron chi connectivity index (χ2n) is 2.75. The summed E-state index contributed by atoms with van der Waals surface area (Å²) in [5.41, 5.74) is 10.6. The van der Waals surface area contributed by atoms with E-state index in [4.69, 9.17) is 11.5 Å². The van der Waals surface area contributed by atoms with Gasteiger partial charge in [-0.3, -0.25) is 4.79 Å². The fourth-order valence-corrected chi connectivity index (χ4v) is 2.36. The van der Waals surface area contributed by atoms with E-state index in [2.05, 4.69) is 15.9 Å². The maximum atomic E-state index is 10.7. The van der Waals surface area contributed by atoms with Crippen molar-refractivity contribution in [2.45, 2.75) is 10.9 Å². The lowest BCUT2D eigenvalue weighted by Crippen LogP contribution is -2.38. The van der Waals surface area contributed by atoms with Crippen molar-refractivity contribution in [2.24, 2.45) is 11.5 Å². The predicted octanol–water partition coefficient (Wildman–Crippen LogP) is 1.35. The number of hydrogen-bond donors (Lipinski definition) is 2. The van der Waals surface area contributed by atoms with Gasteiger partial charge in [0, 0.05) is 15.1 Å². The number of hydrogen-bond acceptors (Lipinski definition) is 3. The normalized spacial score (nSPS) is 12.4. The fraction of sp³-hybridized carbons (Fsp3) is 0.222. The van der Waals surface area contributed by atoms with E-state index in [9.17, 15) is 4.79 Å². The molecule has 1 aromatic rings. The molecule has 0 spiro atoms. The van der Waals surface area contributed by atoms with Crippen molar-refractivity contribution >= 4 is 33.6 Å². The number of benzene rings is 1. The maximum absolute atomic E-state index is 10.7. The summed E-state index contributed by atoms with van der Waals surface area (Å²) in [4.78, 5) is 11.7. The average molecular weight is 275 g/mol. The Kier molecular flexibility index (Phi) is 4.44. The molecule has 1 amide bonds. The summed E-state index contributed by atoms with van der Waals surface area (Å²) in [7, 11) is 0. The number of primary amides is 1. The summed E-state index contributed by atoms with van der Waals surface area (Å²) in [6, 6.07) is 7.18. The molecule has 4 N–H and O–H groups in total. The van der Waals surface area contributed by atoms with Crippen LogP contribution in [-0.2, 0) is 4.79 Å². The van der Waals surface area contributed by atoms with Gasteiger partial charge in [0.15, 0.2) is 0 Å². The van der Waals surface area contributed by atoms with Gasteiger partial charge in [-0.25, -0.2) is 0 Å². The molecule has 0 aliphatic carbocycles. The molecule has 0 bridgehead atoms. The molecule has 1 atom stereocenters. The van der Waals surface area contributed by atoms with Crippen molar-refractivity contribution in [1.82, 2.24) is 0 Å². The third kappa shape index (κ3) is 3.32. The van der Waals surface area contributed by atoms with Crippen LogP contribution in [0.25, 0.3) is 0 Å². The van der Waals surface area contributed by atoms with Crippen LogP contribution in [0.2, 0.25) is 0 Å². The molecule has 1 aromatic carbocycles. The molecular weight excluding hydrogens is 264 g/mol. The Labute approximate surface area is 95.4 Å². The van der Waals surface area contributed by atoms with Gasteiger partial charge in [-0.1, -0.05) is 12.1 Å². The lowest BCUT2D eigenvalue weighted by Gasteiger charge is -2.07. The van der Waals surface area contributed by atoms with Gasteiger partial charge in [0.25, 0.3) is 0 Å². The molecule has 0 aliphatic heterocycles. The zero-order valence-electron chi connectivity index (χ0n) is 7.44. The van der Waals surface area contributed by atoms with Crippen molar-refractivity contribution in [3.05, 3.63) is 28.7 Å². The van der Waals surface area contributed by atoms with Crippen LogP contribution < -0.4 is 11.5 Å². The second-order valence-corrected chi connectivity index (χ2v) is 4.67. The monoisotopic (exact) mass is 274 g/mol. The summed E-state index contributed by atoms with van der Waals surface area (Å²) in [5, 5.41) is 0. The third-order valence-electron chi connectivity index (χ3n) is 1.62. The molecule has 1 rings (SSSR count). The van der Waals surface area contributed by atoms with Gasteiger partial charge in [0.2, 0.25) is 5.91 Å². The van der Waals surface area contributed by atoms with Gasteiger partial charge >= 0.3 is 0 Å². The smallest absolute Gasteiger partial charge is 0.235 e. The zero-order chi connectivity index (χ0) is 10.6. The van der Waals surface area contributed by atoms with Crippen LogP contribution in [0.15, 0.2) is 33.6 Å². The standard InChI is InChI=1S/C9H11BrN2OS/c10-6-3-1-2-4-8(6)14-5-7(11)9(12)13/h1-4,7H,5,11H2,(H2,12,13). The minimum atomic E-state index is -0.591. The van der Waals surface area contributed by atoms with Crippen LogP contribution in [-0.4, -0.2) is 17.7 Å². The number of halogens is 1. The first-order chi connectivity index (χ1) is 6.61. The van der Waals surface area contributed by atoms with Crippen LogP contribution in [0, 0.1) is 0 Å². The summed E-state index contributed by atoms with van der Waals surface area (Å²) in [5.74, 6) is 0.0300. The molecule has 0 saturated heterocycles. The summed E-state index contributed by atoms with van der Waals surface area (Å²) in [6.07, 6.45) is 0. The Morgan fingerprint density at radius 3 is 2.71 bits per heavy atom. The number of amides is 1. The van der Waals surface area contributed by atoms with Gasteiger partial charge in [-0.2, -0.15) is 0 Å². The van der Waals surface area contributed by atoms with Crippen molar-refractivity contribution in [1.29, 1.82) is 0 Å². The maximum Gasteiger partial charge on any atom is 0.235 e. The topological polar surface area (TPSA) is 69.1 Å². The van der Waals surface area contributed by atoms with Crippen LogP contribution in [0.3, 0.4) is 0 Å². The first kappa shape index (κ1) is 11.6. The Bertz CT molecular complexity index is 332. The summed E-state index contributed by atoms with van der Waals surface area (Å²) >= 11 is 4.92. The van der Waals surface area contributed by atoms with E-state index in [1.807, 2.05) is 24.3 Å². The van der Waals surface area contributed by atoms with Gasteiger partial charge in [0.05, 0.1) is 6.04 Å². The lowest BCUT2D eigenvalue weighted by atomic mass is 10.3. The van der Waals surface area contributed by atoms with E-state index in [0.717, 1.165) is 9.37 Å². The van der Waals surface area contributed by atoms with E-state index < -0.39 is 11.9 Å². The van der Waals surface area contributed by atoms with Crippen LogP contribution >= 0.6 is 27.7 Å². The number of thioether (sulfide) groups is 1. The second kappa shape index (κ2) is 5.38. The summed E-state index contributed by atoms with van der Waals surface area (Å²) in [6.45, 7) is 0. The molecule has 0 radical (unpaired) electrons. The van der Waals surface area contributed by atoms with E-state index in [-0.39, 0.29) is 0 Å². The van der Waals surface area contributed by atoms with Crippen LogP contribution in [0.1, 0.15) is 0 Å². The van der Waals surface area contributed by atoms with E-state index in [0.29, 0.717) is 5.75 Å². The average Bonchev–Trinajstić information content (AvgIpc) is 2.16. The van der Waals surface area contributed by atoms with Crippen molar-refractivity contribution in [2.75, 3.05) is 5.75 Å². The minimum absolute atomic E-state index is 0.468. The number of rotatable bonds is 4. The van der Waals surface area contributed by atoms with E-state index in [1.54, 1.807) is 0 Å². The Hall–Kier alpha value is -0.520. The zero-order valence-corrected chi connectivity index (χ0v) is 9.85. The van der Waals surface area contributed by atoms with Crippen LogP contribution in [0.5, 0.6) is 0 Å².